The molecule has 26 heavy (non-hydrogen) atoms. The van der Waals surface area contributed by atoms with Crippen LogP contribution < -0.4 is 26.0 Å². The van der Waals surface area contributed by atoms with E-state index in [2.05, 4.69) is 4.98 Å². The number of halogens is 3. The molecule has 0 unspecified atom stereocenters. The molecule has 0 atom stereocenters. The Labute approximate surface area is 146 Å². The topological polar surface area (TPSA) is 64.6 Å². The van der Waals surface area contributed by atoms with Crippen molar-refractivity contribution in [3.63, 3.8) is 0 Å². The molecule has 0 bridgehead atoms. The van der Waals surface area contributed by atoms with Crippen molar-refractivity contribution in [2.24, 2.45) is 14.1 Å². The predicted molar refractivity (Wildman–Crippen MR) is 89.3 cm³/mol. The number of H-pyrrole nitrogens is 1. The molecule has 0 radical (unpaired) electrons. The molecule has 3 heterocycles. The zero-order chi connectivity index (χ0) is 19.1. The van der Waals surface area contributed by atoms with Crippen LogP contribution in [0.15, 0.2) is 34.0 Å². The van der Waals surface area contributed by atoms with Gasteiger partial charge in [0.1, 0.15) is 25.1 Å². The number of hydrogen-bond acceptors (Lipinski definition) is 4. The van der Waals surface area contributed by atoms with Gasteiger partial charge in [0, 0.05) is 26.2 Å². The Kier molecular flexibility index (Phi) is 4.51. The van der Waals surface area contributed by atoms with Gasteiger partial charge in [0.05, 0.1) is 18.7 Å². The second kappa shape index (κ2) is 6.50. The average Bonchev–Trinajstić information content (AvgIpc) is 2.62. The van der Waals surface area contributed by atoms with E-state index in [4.69, 9.17) is 0 Å². The fourth-order valence-electron chi connectivity index (χ4n) is 2.99. The number of piperazine rings is 1. The van der Waals surface area contributed by atoms with E-state index >= 15 is 0 Å². The lowest BCUT2D eigenvalue weighted by Crippen LogP contribution is -2.50. The van der Waals surface area contributed by atoms with Crippen molar-refractivity contribution in [1.82, 2.24) is 9.13 Å². The minimum atomic E-state index is -4.38. The second-order valence-electron chi connectivity index (χ2n) is 6.18. The maximum Gasteiger partial charge on any atom is 0.419 e. The number of pyridine rings is 1. The third-order valence-electron chi connectivity index (χ3n) is 4.57. The van der Waals surface area contributed by atoms with E-state index in [-0.39, 0.29) is 5.56 Å². The summed E-state index contributed by atoms with van der Waals surface area (Å²) in [6.45, 7) is 2.17. The van der Waals surface area contributed by atoms with Gasteiger partial charge in [0.25, 0.3) is 11.4 Å². The second-order valence-corrected chi connectivity index (χ2v) is 6.18. The Bertz CT molecular complexity index is 909. The summed E-state index contributed by atoms with van der Waals surface area (Å²) in [5.41, 5.74) is -1.50. The molecule has 10 heteroatoms. The highest BCUT2D eigenvalue weighted by molar-refractivity contribution is 5.43. The van der Waals surface area contributed by atoms with Crippen molar-refractivity contribution in [3.8, 4) is 0 Å². The van der Waals surface area contributed by atoms with Gasteiger partial charge in [-0.2, -0.15) is 13.2 Å². The van der Waals surface area contributed by atoms with Crippen molar-refractivity contribution < 1.29 is 18.2 Å². The minimum Gasteiger partial charge on any atom is -0.350 e. The fraction of sp³-hybridized carbons (Fsp3) is 0.438. The number of rotatable bonds is 2. The van der Waals surface area contributed by atoms with Crippen molar-refractivity contribution in [1.29, 1.82) is 0 Å². The Hall–Kier alpha value is -2.78. The number of aromatic nitrogens is 3. The Morgan fingerprint density at radius 1 is 0.962 bits per heavy atom. The van der Waals surface area contributed by atoms with Crippen molar-refractivity contribution in [2.45, 2.75) is 6.18 Å². The van der Waals surface area contributed by atoms with Gasteiger partial charge >= 0.3 is 11.9 Å². The van der Waals surface area contributed by atoms with Crippen LogP contribution in [0.5, 0.6) is 0 Å². The minimum absolute atomic E-state index is 0.374. The molecule has 1 saturated heterocycles. The maximum atomic E-state index is 12.6. The molecule has 2 aromatic heterocycles. The summed E-state index contributed by atoms with van der Waals surface area (Å²) >= 11 is 0. The van der Waals surface area contributed by atoms with Gasteiger partial charge in [0.15, 0.2) is 0 Å². The van der Waals surface area contributed by atoms with E-state index in [1.165, 1.54) is 23.7 Å². The van der Waals surface area contributed by atoms with Crippen LogP contribution in [0.3, 0.4) is 0 Å². The van der Waals surface area contributed by atoms with Gasteiger partial charge in [-0.15, -0.1) is 0 Å². The fourth-order valence-corrected chi connectivity index (χ4v) is 2.99. The SMILES string of the molecule is Cn1c(N2CCN(c3ccc(C(F)(F)F)c[nH+]3)CC2)cc(=O)n(C)c1=O. The molecule has 0 saturated carbocycles. The Balaban J connectivity index is 1.74. The number of nitrogens with zero attached hydrogens (tertiary/aromatic N) is 4. The first-order valence-corrected chi connectivity index (χ1v) is 8.04. The number of alkyl halides is 3. The molecule has 1 aliphatic rings. The van der Waals surface area contributed by atoms with Crippen molar-refractivity contribution >= 4 is 11.6 Å². The van der Waals surface area contributed by atoms with Crippen LogP contribution in [0.2, 0.25) is 0 Å². The summed E-state index contributed by atoms with van der Waals surface area (Å²) in [6, 6.07) is 3.87. The zero-order valence-corrected chi connectivity index (χ0v) is 14.4. The third kappa shape index (κ3) is 3.31. The Morgan fingerprint density at radius 2 is 1.58 bits per heavy atom. The van der Waals surface area contributed by atoms with Gasteiger partial charge in [-0.3, -0.25) is 18.8 Å². The molecule has 1 aliphatic heterocycles. The predicted octanol–water partition coefficient (Wildman–Crippen LogP) is 0.243. The number of anilines is 2. The summed E-state index contributed by atoms with van der Waals surface area (Å²) in [5, 5.41) is 0. The lowest BCUT2D eigenvalue weighted by atomic mass is 10.2. The van der Waals surface area contributed by atoms with Crippen LogP contribution in [0, 0.1) is 0 Å². The molecular weight excluding hydrogens is 351 g/mol. The highest BCUT2D eigenvalue weighted by atomic mass is 19.4. The first-order chi connectivity index (χ1) is 12.2. The molecule has 0 spiro atoms. The van der Waals surface area contributed by atoms with Gasteiger partial charge in [-0.1, -0.05) is 0 Å². The largest absolute Gasteiger partial charge is 0.419 e. The van der Waals surface area contributed by atoms with Crippen LogP contribution in [0.1, 0.15) is 5.56 Å². The van der Waals surface area contributed by atoms with Crippen LogP contribution in [-0.4, -0.2) is 35.3 Å². The van der Waals surface area contributed by atoms with E-state index in [0.29, 0.717) is 37.8 Å². The summed E-state index contributed by atoms with van der Waals surface area (Å²) in [5.74, 6) is 1.13. The quantitative estimate of drug-likeness (QED) is 0.760. The van der Waals surface area contributed by atoms with E-state index in [1.54, 1.807) is 7.05 Å². The van der Waals surface area contributed by atoms with Crippen molar-refractivity contribution in [3.05, 3.63) is 50.8 Å². The molecule has 7 nitrogen and oxygen atoms in total. The van der Waals surface area contributed by atoms with Gasteiger partial charge in [-0.25, -0.2) is 9.78 Å². The first kappa shape index (κ1) is 18.0. The standard InChI is InChI=1S/C16H18F3N5O2/c1-21-13(9-14(25)22(2)15(21)26)24-7-5-23(6-8-24)12-4-3-11(10-20-12)16(17,18)19/h3-4,9-10H,5-8H2,1-2H3/p+1. The zero-order valence-electron chi connectivity index (χ0n) is 14.4. The smallest absolute Gasteiger partial charge is 0.350 e. The summed E-state index contributed by atoms with van der Waals surface area (Å²) in [4.78, 5) is 30.4. The van der Waals surface area contributed by atoms with Gasteiger partial charge in [-0.05, 0) is 6.07 Å². The lowest BCUT2D eigenvalue weighted by Gasteiger charge is -2.33. The highest BCUT2D eigenvalue weighted by Gasteiger charge is 2.32. The number of aromatic amines is 1. The normalized spacial score (nSPS) is 15.4. The summed E-state index contributed by atoms with van der Waals surface area (Å²) in [7, 11) is 3.03. The highest BCUT2D eigenvalue weighted by Crippen LogP contribution is 2.28. The van der Waals surface area contributed by atoms with E-state index in [1.807, 2.05) is 9.80 Å². The molecule has 0 aliphatic carbocycles. The van der Waals surface area contributed by atoms with Crippen LogP contribution in [-0.2, 0) is 20.3 Å². The molecular formula is C16H19F3N5O2+. The van der Waals surface area contributed by atoms with Crippen molar-refractivity contribution in [2.75, 3.05) is 36.0 Å². The molecule has 3 rings (SSSR count). The third-order valence-corrected chi connectivity index (χ3v) is 4.57. The first-order valence-electron chi connectivity index (χ1n) is 8.04. The number of nitrogens with one attached hydrogen (secondary N) is 1. The van der Waals surface area contributed by atoms with E-state index in [9.17, 15) is 22.8 Å². The van der Waals surface area contributed by atoms with E-state index in [0.717, 1.165) is 16.8 Å². The van der Waals surface area contributed by atoms with Gasteiger partial charge in [0.2, 0.25) is 0 Å². The maximum absolute atomic E-state index is 12.6. The van der Waals surface area contributed by atoms with Crippen LogP contribution in [0.4, 0.5) is 24.8 Å². The van der Waals surface area contributed by atoms with Crippen LogP contribution >= 0.6 is 0 Å². The van der Waals surface area contributed by atoms with Crippen LogP contribution in [0.25, 0.3) is 0 Å². The lowest BCUT2D eigenvalue weighted by molar-refractivity contribution is -0.367. The summed E-state index contributed by atoms with van der Waals surface area (Å²) in [6.07, 6.45) is -3.43. The molecule has 1 fully saturated rings. The molecule has 140 valence electrons. The molecule has 0 aromatic carbocycles. The summed E-state index contributed by atoms with van der Waals surface area (Å²) < 4.78 is 40.4. The molecule has 2 aromatic rings. The molecule has 0 amide bonds. The number of hydrogen-bond donors (Lipinski definition) is 0. The molecule has 1 N–H and O–H groups in total. The Morgan fingerprint density at radius 3 is 2.12 bits per heavy atom. The average molecular weight is 370 g/mol. The monoisotopic (exact) mass is 370 g/mol. The van der Waals surface area contributed by atoms with Gasteiger partial charge < -0.3 is 4.90 Å². The van der Waals surface area contributed by atoms with E-state index < -0.39 is 17.4 Å².